The second-order valence-corrected chi connectivity index (χ2v) is 6.52. The number of rotatable bonds is 4. The lowest BCUT2D eigenvalue weighted by Gasteiger charge is -2.15. The molecule has 0 bridgehead atoms. The number of carbonyl (C=O) groups is 2. The summed E-state index contributed by atoms with van der Waals surface area (Å²) in [5.41, 5.74) is -0.731. The van der Waals surface area contributed by atoms with Gasteiger partial charge in [0.1, 0.15) is 11.4 Å². The molecule has 11 heteroatoms. The van der Waals surface area contributed by atoms with Gasteiger partial charge in [0.25, 0.3) is 5.56 Å². The van der Waals surface area contributed by atoms with Gasteiger partial charge in [-0.1, -0.05) is 26.0 Å². The fourth-order valence-corrected chi connectivity index (χ4v) is 2.39. The molecular weight excluding hydrogens is 342 g/mol. The van der Waals surface area contributed by atoms with Gasteiger partial charge in [0.05, 0.1) is 12.8 Å². The smallest absolute Gasteiger partial charge is 0.345 e. The van der Waals surface area contributed by atoms with Crippen LogP contribution in [-0.4, -0.2) is 53.7 Å². The number of ether oxygens (including phenoxy) is 1. The number of aldehydes is 1. The van der Waals surface area contributed by atoms with Gasteiger partial charge in [-0.25, -0.2) is 9.48 Å². The summed E-state index contributed by atoms with van der Waals surface area (Å²) in [6.07, 6.45) is 1.82. The third-order valence-corrected chi connectivity index (χ3v) is 3.59. The highest BCUT2D eigenvalue weighted by atomic mass is 16.5. The van der Waals surface area contributed by atoms with Gasteiger partial charge in [-0.3, -0.25) is 14.7 Å². The minimum Gasteiger partial charge on any atom is -0.462 e. The van der Waals surface area contributed by atoms with Crippen LogP contribution in [0.3, 0.4) is 0 Å². The third-order valence-electron chi connectivity index (χ3n) is 3.59. The Balaban J connectivity index is 2.33. The van der Waals surface area contributed by atoms with Crippen molar-refractivity contribution in [2.24, 2.45) is 0 Å². The summed E-state index contributed by atoms with van der Waals surface area (Å²) < 4.78 is 7.33. The van der Waals surface area contributed by atoms with Crippen molar-refractivity contribution in [3.05, 3.63) is 33.5 Å². The molecule has 26 heavy (non-hydrogen) atoms. The van der Waals surface area contributed by atoms with Crippen molar-refractivity contribution in [2.75, 3.05) is 6.61 Å². The van der Waals surface area contributed by atoms with Gasteiger partial charge >= 0.3 is 5.97 Å². The van der Waals surface area contributed by atoms with E-state index in [9.17, 15) is 14.4 Å². The average molecular weight is 359 g/mol. The molecule has 0 saturated heterocycles. The number of aromatic amines is 1. The average Bonchev–Trinajstić information content (AvgIpc) is 3.18. The highest BCUT2D eigenvalue weighted by molar-refractivity contribution is 5.99. The van der Waals surface area contributed by atoms with Crippen molar-refractivity contribution >= 4 is 17.9 Å². The second-order valence-electron chi connectivity index (χ2n) is 6.52. The van der Waals surface area contributed by atoms with Gasteiger partial charge in [-0.15, -0.1) is 15.3 Å². The Morgan fingerprint density at radius 2 is 2.04 bits per heavy atom. The van der Waals surface area contributed by atoms with Crippen LogP contribution in [0, 0.1) is 0 Å². The van der Waals surface area contributed by atoms with Gasteiger partial charge in [0, 0.05) is 5.41 Å². The number of carbonyl (C=O) groups excluding carboxylic acids is 2. The molecule has 0 aromatic carbocycles. The molecule has 3 rings (SSSR count). The zero-order chi connectivity index (χ0) is 19.1. The lowest BCUT2D eigenvalue weighted by Crippen LogP contribution is -2.30. The Morgan fingerprint density at radius 1 is 1.31 bits per heavy atom. The molecule has 0 aliphatic heterocycles. The Kier molecular flexibility index (Phi) is 4.14. The first-order valence-electron chi connectivity index (χ1n) is 7.84. The van der Waals surface area contributed by atoms with E-state index in [1.807, 2.05) is 20.8 Å². The summed E-state index contributed by atoms with van der Waals surface area (Å²) in [4.78, 5) is 36.1. The molecule has 136 valence electrons. The van der Waals surface area contributed by atoms with Crippen LogP contribution >= 0.6 is 0 Å². The van der Waals surface area contributed by atoms with Gasteiger partial charge in [-0.05, 0) is 6.92 Å². The van der Waals surface area contributed by atoms with E-state index < -0.39 is 16.9 Å². The van der Waals surface area contributed by atoms with Crippen molar-refractivity contribution in [2.45, 2.75) is 33.1 Å². The number of hydrogen-bond acceptors (Lipinski definition) is 8. The maximum Gasteiger partial charge on any atom is 0.345 e. The van der Waals surface area contributed by atoms with Crippen LogP contribution in [0.4, 0.5) is 0 Å². The molecule has 0 unspecified atom stereocenters. The molecule has 0 spiro atoms. The molecular formula is C15H17N7O4. The summed E-state index contributed by atoms with van der Waals surface area (Å²) in [5, 5.41) is 18.3. The molecule has 11 nitrogen and oxygen atoms in total. The lowest BCUT2D eigenvalue weighted by atomic mass is 9.93. The van der Waals surface area contributed by atoms with Crippen LogP contribution in [0.25, 0.3) is 11.5 Å². The van der Waals surface area contributed by atoms with E-state index in [-0.39, 0.29) is 35.0 Å². The molecule has 3 aromatic heterocycles. The minimum atomic E-state index is -0.707. The standard InChI is InChI=1S/C15H17N7O4/c1-5-26-14(25)9-11-18-17-10(15(2,3)4)13(24)22(11)19-12(9)21-6-8(7-23)16-20-21/h6-7,19H,5H2,1-4H3. The Labute approximate surface area is 147 Å². The topological polar surface area (TPSA) is 137 Å². The van der Waals surface area contributed by atoms with E-state index in [1.54, 1.807) is 6.92 Å². The molecule has 0 aliphatic carbocycles. The number of nitrogens with one attached hydrogen (secondary N) is 1. The Bertz CT molecular complexity index is 1050. The summed E-state index contributed by atoms with van der Waals surface area (Å²) in [6.45, 7) is 7.27. The van der Waals surface area contributed by atoms with Crippen LogP contribution in [0.1, 0.15) is 54.2 Å². The molecule has 0 aliphatic rings. The van der Waals surface area contributed by atoms with Crippen molar-refractivity contribution in [1.82, 2.24) is 34.8 Å². The van der Waals surface area contributed by atoms with Crippen molar-refractivity contribution in [3.8, 4) is 5.82 Å². The molecule has 0 saturated carbocycles. The molecule has 0 atom stereocenters. The fourth-order valence-electron chi connectivity index (χ4n) is 2.39. The normalized spacial score (nSPS) is 11.7. The molecule has 3 aromatic rings. The summed E-state index contributed by atoms with van der Waals surface area (Å²) in [6, 6.07) is 0. The van der Waals surface area contributed by atoms with Crippen LogP contribution < -0.4 is 5.56 Å². The zero-order valence-corrected chi connectivity index (χ0v) is 14.7. The predicted octanol–water partition coefficient (Wildman–Crippen LogP) is 0.285. The maximum atomic E-state index is 12.8. The first-order valence-corrected chi connectivity index (χ1v) is 7.84. The number of esters is 1. The molecule has 1 N–H and O–H groups in total. The summed E-state index contributed by atoms with van der Waals surface area (Å²) in [7, 11) is 0. The van der Waals surface area contributed by atoms with Gasteiger partial charge in [0.2, 0.25) is 0 Å². The van der Waals surface area contributed by atoms with Crippen molar-refractivity contribution < 1.29 is 14.3 Å². The quantitative estimate of drug-likeness (QED) is 0.518. The molecule has 0 fully saturated rings. The lowest BCUT2D eigenvalue weighted by molar-refractivity contribution is 0.0528. The van der Waals surface area contributed by atoms with E-state index in [1.165, 1.54) is 10.9 Å². The highest BCUT2D eigenvalue weighted by Gasteiger charge is 2.28. The number of nitrogens with zero attached hydrogens (tertiary/aromatic N) is 6. The fraction of sp³-hybridized carbons (Fsp3) is 0.400. The zero-order valence-electron chi connectivity index (χ0n) is 14.7. The molecule has 3 heterocycles. The number of H-pyrrole nitrogens is 1. The second kappa shape index (κ2) is 6.17. The van der Waals surface area contributed by atoms with Gasteiger partial charge in [-0.2, -0.15) is 4.52 Å². The third kappa shape index (κ3) is 2.76. The van der Waals surface area contributed by atoms with Gasteiger partial charge < -0.3 is 4.74 Å². The summed E-state index contributed by atoms with van der Waals surface area (Å²) in [5.74, 6) is -0.608. The highest BCUT2D eigenvalue weighted by Crippen LogP contribution is 2.20. The largest absolute Gasteiger partial charge is 0.462 e. The number of hydrogen-bond donors (Lipinski definition) is 1. The Hall–Kier alpha value is -3.37. The van der Waals surface area contributed by atoms with E-state index in [4.69, 9.17) is 4.74 Å². The van der Waals surface area contributed by atoms with E-state index in [0.717, 1.165) is 4.52 Å². The molecule has 0 amide bonds. The van der Waals surface area contributed by atoms with Crippen LogP contribution in [-0.2, 0) is 10.2 Å². The minimum absolute atomic E-state index is 0.000368. The maximum absolute atomic E-state index is 12.8. The first kappa shape index (κ1) is 17.5. The SMILES string of the molecule is CCOC(=O)c1c(-n2cc(C=O)nn2)[nH]n2c(=O)c(C(C)(C)C)nnc12. The number of fused-ring (bicyclic) bond motifs is 1. The monoisotopic (exact) mass is 359 g/mol. The summed E-state index contributed by atoms with van der Waals surface area (Å²) >= 11 is 0. The van der Waals surface area contributed by atoms with Crippen LogP contribution in [0.2, 0.25) is 0 Å². The van der Waals surface area contributed by atoms with Crippen LogP contribution in [0.15, 0.2) is 11.0 Å². The predicted molar refractivity (Wildman–Crippen MR) is 88.6 cm³/mol. The van der Waals surface area contributed by atoms with Crippen molar-refractivity contribution in [3.63, 3.8) is 0 Å². The van der Waals surface area contributed by atoms with E-state index >= 15 is 0 Å². The van der Waals surface area contributed by atoms with Crippen molar-refractivity contribution in [1.29, 1.82) is 0 Å². The van der Waals surface area contributed by atoms with Gasteiger partial charge in [0.15, 0.2) is 23.3 Å². The first-order chi connectivity index (χ1) is 12.3. The van der Waals surface area contributed by atoms with E-state index in [0.29, 0.717) is 6.29 Å². The van der Waals surface area contributed by atoms with E-state index in [2.05, 4.69) is 25.6 Å². The van der Waals surface area contributed by atoms with Crippen LogP contribution in [0.5, 0.6) is 0 Å². The molecule has 0 radical (unpaired) electrons. The number of aromatic nitrogens is 7. The Morgan fingerprint density at radius 3 is 2.62 bits per heavy atom.